The molecule has 2 N–H and O–H groups in total. The molecule has 5 nitrogen and oxygen atoms in total. The highest BCUT2D eigenvalue weighted by atomic mass is 16.2. The van der Waals surface area contributed by atoms with E-state index in [1.54, 1.807) is 11.9 Å². The predicted molar refractivity (Wildman–Crippen MR) is 122 cm³/mol. The molecule has 0 unspecified atom stereocenters. The molecule has 3 atom stereocenters. The van der Waals surface area contributed by atoms with Gasteiger partial charge < -0.3 is 10.2 Å². The smallest absolute Gasteiger partial charge is 0.234 e. The Kier molecular flexibility index (Phi) is 6.74. The van der Waals surface area contributed by atoms with Crippen molar-refractivity contribution in [3.63, 3.8) is 0 Å². The number of hydrogen-bond donors (Lipinski definition) is 2. The second-order valence-electron chi connectivity index (χ2n) is 10.1. The van der Waals surface area contributed by atoms with Crippen LogP contribution >= 0.6 is 0 Å². The molecule has 2 aliphatic carbocycles. The fourth-order valence-electron chi connectivity index (χ4n) is 6.25. The SMILES string of the molecule is CN1C(=N)C[C@](CCC2CCCCC2)(C[C@H]2CCC[C@@H](Nc3cccnc3)C2)C1=O. The first-order valence-corrected chi connectivity index (χ1v) is 12.1. The number of nitrogens with zero attached hydrogens (tertiary/aromatic N) is 2. The van der Waals surface area contributed by atoms with Crippen LogP contribution in [0.3, 0.4) is 0 Å². The maximum absolute atomic E-state index is 13.3. The van der Waals surface area contributed by atoms with E-state index in [1.165, 1.54) is 51.4 Å². The first-order valence-electron chi connectivity index (χ1n) is 12.1. The average Bonchev–Trinajstić information content (AvgIpc) is 2.98. The van der Waals surface area contributed by atoms with E-state index in [2.05, 4.69) is 16.4 Å². The first-order chi connectivity index (χ1) is 14.6. The van der Waals surface area contributed by atoms with Crippen LogP contribution in [0.15, 0.2) is 24.5 Å². The fourth-order valence-corrected chi connectivity index (χ4v) is 6.25. The van der Waals surface area contributed by atoms with Gasteiger partial charge in [0.25, 0.3) is 0 Å². The summed E-state index contributed by atoms with van der Waals surface area (Å²) in [4.78, 5) is 19.2. The van der Waals surface area contributed by atoms with Gasteiger partial charge in [0, 0.05) is 31.9 Å². The van der Waals surface area contributed by atoms with Gasteiger partial charge in [-0.2, -0.15) is 0 Å². The predicted octanol–water partition coefficient (Wildman–Crippen LogP) is 5.63. The van der Waals surface area contributed by atoms with Crippen LogP contribution in [-0.2, 0) is 4.79 Å². The van der Waals surface area contributed by atoms with Gasteiger partial charge in [-0.05, 0) is 56.1 Å². The number of anilines is 1. The number of carbonyl (C=O) groups excluding carboxylic acids is 1. The highest BCUT2D eigenvalue weighted by molar-refractivity contribution is 6.06. The molecular weight excluding hydrogens is 372 g/mol. The number of aromatic nitrogens is 1. The van der Waals surface area contributed by atoms with Crippen LogP contribution in [0.5, 0.6) is 0 Å². The third kappa shape index (κ3) is 4.87. The molecule has 1 saturated heterocycles. The first kappa shape index (κ1) is 21.3. The van der Waals surface area contributed by atoms with E-state index < -0.39 is 0 Å². The third-order valence-electron chi connectivity index (χ3n) is 7.92. The van der Waals surface area contributed by atoms with Crippen molar-refractivity contribution in [2.75, 3.05) is 12.4 Å². The van der Waals surface area contributed by atoms with E-state index in [4.69, 9.17) is 5.41 Å². The number of rotatable bonds is 7. The van der Waals surface area contributed by atoms with Crippen LogP contribution in [0.2, 0.25) is 0 Å². The van der Waals surface area contributed by atoms with Crippen molar-refractivity contribution in [2.24, 2.45) is 17.3 Å². The van der Waals surface area contributed by atoms with Gasteiger partial charge in [0.15, 0.2) is 0 Å². The minimum absolute atomic E-state index is 0.214. The zero-order valence-electron chi connectivity index (χ0n) is 18.5. The average molecular weight is 411 g/mol. The van der Waals surface area contributed by atoms with Crippen molar-refractivity contribution in [3.05, 3.63) is 24.5 Å². The van der Waals surface area contributed by atoms with Gasteiger partial charge in [-0.3, -0.25) is 15.2 Å². The lowest BCUT2D eigenvalue weighted by molar-refractivity contribution is -0.135. The molecule has 0 bridgehead atoms. The lowest BCUT2D eigenvalue weighted by Crippen LogP contribution is -2.37. The maximum atomic E-state index is 13.3. The lowest BCUT2D eigenvalue weighted by Gasteiger charge is -2.37. The molecule has 3 aliphatic rings. The van der Waals surface area contributed by atoms with Crippen LogP contribution in [0.25, 0.3) is 0 Å². The van der Waals surface area contributed by atoms with Crippen LogP contribution in [0.4, 0.5) is 5.69 Å². The molecular formula is C25H38N4O. The van der Waals surface area contributed by atoms with Gasteiger partial charge in [0.1, 0.15) is 5.84 Å². The standard InChI is InChI=1S/C25H38N4O/c1-29-23(26)17-25(24(29)30,13-12-19-7-3-2-4-8-19)16-20-9-5-10-21(15-20)28-22-11-6-14-27-18-22/h6,11,14,18-21,26,28H,2-5,7-10,12-13,15-17H2,1H3/t20-,21+,25-/m0/s1. The molecule has 0 radical (unpaired) electrons. The van der Waals surface area contributed by atoms with Crippen LogP contribution in [-0.4, -0.2) is 34.7 Å². The second-order valence-corrected chi connectivity index (χ2v) is 10.1. The zero-order chi connectivity index (χ0) is 21.0. The maximum Gasteiger partial charge on any atom is 0.234 e. The molecule has 164 valence electrons. The molecule has 2 heterocycles. The van der Waals surface area contributed by atoms with Gasteiger partial charge in [0.2, 0.25) is 5.91 Å². The molecule has 5 heteroatoms. The van der Waals surface area contributed by atoms with Crippen LogP contribution in [0, 0.1) is 22.7 Å². The van der Waals surface area contributed by atoms with Crippen molar-refractivity contribution in [1.82, 2.24) is 9.88 Å². The number of hydrogen-bond acceptors (Lipinski definition) is 4. The summed E-state index contributed by atoms with van der Waals surface area (Å²) in [6.45, 7) is 0. The summed E-state index contributed by atoms with van der Waals surface area (Å²) in [6.07, 6.45) is 18.9. The number of pyridine rings is 1. The highest BCUT2D eigenvalue weighted by Gasteiger charge is 2.49. The summed E-state index contributed by atoms with van der Waals surface area (Å²) in [5.74, 6) is 2.08. The quantitative estimate of drug-likeness (QED) is 0.612. The summed E-state index contributed by atoms with van der Waals surface area (Å²) in [6, 6.07) is 4.51. The van der Waals surface area contributed by atoms with E-state index in [1.807, 2.05) is 18.5 Å². The minimum Gasteiger partial charge on any atom is -0.381 e. The van der Waals surface area contributed by atoms with Crippen molar-refractivity contribution in [1.29, 1.82) is 5.41 Å². The lowest BCUT2D eigenvalue weighted by atomic mass is 9.68. The summed E-state index contributed by atoms with van der Waals surface area (Å²) in [5.41, 5.74) is 0.762. The Balaban J connectivity index is 1.41. The summed E-state index contributed by atoms with van der Waals surface area (Å²) in [7, 11) is 1.81. The van der Waals surface area contributed by atoms with Gasteiger partial charge in [0.05, 0.1) is 11.1 Å². The van der Waals surface area contributed by atoms with E-state index in [0.717, 1.165) is 37.3 Å². The molecule has 30 heavy (non-hydrogen) atoms. The van der Waals surface area contributed by atoms with Gasteiger partial charge in [-0.1, -0.05) is 44.9 Å². The second kappa shape index (κ2) is 9.49. The van der Waals surface area contributed by atoms with E-state index in [-0.39, 0.29) is 11.3 Å². The molecule has 3 fully saturated rings. The van der Waals surface area contributed by atoms with Crippen molar-refractivity contribution in [2.45, 2.75) is 89.5 Å². The van der Waals surface area contributed by atoms with Gasteiger partial charge in [-0.25, -0.2) is 0 Å². The molecule has 1 amide bonds. The van der Waals surface area contributed by atoms with Crippen LogP contribution in [0.1, 0.15) is 83.5 Å². The molecule has 0 aromatic carbocycles. The number of carbonyl (C=O) groups is 1. The Bertz CT molecular complexity index is 730. The Morgan fingerprint density at radius 2 is 1.97 bits per heavy atom. The topological polar surface area (TPSA) is 69.1 Å². The normalized spacial score (nSPS) is 30.6. The fraction of sp³-hybridized carbons (Fsp3) is 0.720. The van der Waals surface area contributed by atoms with Crippen molar-refractivity contribution < 1.29 is 4.79 Å². The van der Waals surface area contributed by atoms with E-state index in [9.17, 15) is 4.79 Å². The molecule has 1 aromatic heterocycles. The summed E-state index contributed by atoms with van der Waals surface area (Å²) >= 11 is 0. The molecule has 1 aliphatic heterocycles. The molecule has 1 aromatic rings. The summed E-state index contributed by atoms with van der Waals surface area (Å²) < 4.78 is 0. The number of nitrogens with one attached hydrogen (secondary N) is 2. The molecule has 0 spiro atoms. The summed E-state index contributed by atoms with van der Waals surface area (Å²) in [5, 5.41) is 12.0. The Morgan fingerprint density at radius 1 is 1.17 bits per heavy atom. The van der Waals surface area contributed by atoms with E-state index >= 15 is 0 Å². The van der Waals surface area contributed by atoms with Gasteiger partial charge in [-0.15, -0.1) is 0 Å². The van der Waals surface area contributed by atoms with E-state index in [0.29, 0.717) is 24.2 Å². The largest absolute Gasteiger partial charge is 0.381 e. The Labute approximate surface area is 181 Å². The highest BCUT2D eigenvalue weighted by Crippen LogP contribution is 2.47. The third-order valence-corrected chi connectivity index (χ3v) is 7.92. The molecule has 2 saturated carbocycles. The minimum atomic E-state index is -0.329. The molecule has 4 rings (SSSR count). The number of amides is 1. The Morgan fingerprint density at radius 3 is 2.67 bits per heavy atom. The van der Waals surface area contributed by atoms with Gasteiger partial charge >= 0.3 is 0 Å². The number of amidine groups is 1. The monoisotopic (exact) mass is 410 g/mol. The van der Waals surface area contributed by atoms with Crippen molar-refractivity contribution >= 4 is 17.4 Å². The van der Waals surface area contributed by atoms with Crippen LogP contribution < -0.4 is 5.32 Å². The van der Waals surface area contributed by atoms with Crippen molar-refractivity contribution in [3.8, 4) is 0 Å². The Hall–Kier alpha value is -1.91. The number of likely N-dealkylation sites (tertiary alicyclic amines) is 1. The zero-order valence-corrected chi connectivity index (χ0v) is 18.5.